The third-order valence-electron chi connectivity index (χ3n) is 4.75. The molecule has 1 fully saturated rings. The summed E-state index contributed by atoms with van der Waals surface area (Å²) >= 11 is 0. The van der Waals surface area contributed by atoms with Crippen molar-refractivity contribution in [3.63, 3.8) is 0 Å². The molecule has 0 aliphatic carbocycles. The van der Waals surface area contributed by atoms with E-state index in [1.165, 1.54) is 4.90 Å². The van der Waals surface area contributed by atoms with Crippen molar-refractivity contribution in [1.82, 2.24) is 15.5 Å². The van der Waals surface area contributed by atoms with Gasteiger partial charge in [-0.15, -0.1) is 0 Å². The van der Waals surface area contributed by atoms with E-state index < -0.39 is 42.3 Å². The smallest absolute Gasteiger partial charge is 0.305 e. The fraction of sp³-hybridized carbons (Fsp3) is 0.450. The average Bonchev–Trinajstić information content (AvgIpc) is 2.64. The SMILES string of the molecule is CC(C)[C@H](NC(=O)c1ccccc1)C(=O)N1CC[C@H]1C(=O)N[C@H](C=O)CC(=O)O. The van der Waals surface area contributed by atoms with Gasteiger partial charge in [0.25, 0.3) is 5.91 Å². The largest absolute Gasteiger partial charge is 0.481 e. The number of carboxylic acids is 1. The summed E-state index contributed by atoms with van der Waals surface area (Å²) in [6.45, 7) is 3.92. The van der Waals surface area contributed by atoms with Gasteiger partial charge in [0.1, 0.15) is 18.4 Å². The van der Waals surface area contributed by atoms with E-state index in [0.717, 1.165) is 0 Å². The van der Waals surface area contributed by atoms with Crippen LogP contribution in [-0.2, 0) is 19.2 Å². The molecule has 2 rings (SSSR count). The van der Waals surface area contributed by atoms with Crippen LogP contribution >= 0.6 is 0 Å². The van der Waals surface area contributed by atoms with Crippen molar-refractivity contribution >= 4 is 30.0 Å². The van der Waals surface area contributed by atoms with Gasteiger partial charge in [-0.1, -0.05) is 32.0 Å². The first-order valence-corrected chi connectivity index (χ1v) is 9.38. The van der Waals surface area contributed by atoms with E-state index >= 15 is 0 Å². The third kappa shape index (κ3) is 5.63. The van der Waals surface area contributed by atoms with E-state index in [-0.39, 0.29) is 11.8 Å². The number of hydrogen-bond acceptors (Lipinski definition) is 5. The lowest BCUT2D eigenvalue weighted by atomic mass is 9.95. The number of likely N-dealkylation sites (tertiary alicyclic amines) is 1. The molecule has 9 heteroatoms. The van der Waals surface area contributed by atoms with Crippen LogP contribution < -0.4 is 10.6 Å². The first-order chi connectivity index (χ1) is 13.7. The molecule has 1 saturated heterocycles. The van der Waals surface area contributed by atoms with Crippen molar-refractivity contribution in [3.8, 4) is 0 Å². The van der Waals surface area contributed by atoms with Gasteiger partial charge in [0.15, 0.2) is 0 Å². The maximum absolute atomic E-state index is 12.9. The molecule has 1 aliphatic heterocycles. The second-order valence-corrected chi connectivity index (χ2v) is 7.25. The molecular formula is C20H25N3O6. The Balaban J connectivity index is 2.04. The Kier molecular flexibility index (Phi) is 7.46. The Morgan fingerprint density at radius 3 is 2.31 bits per heavy atom. The van der Waals surface area contributed by atoms with Gasteiger partial charge in [-0.2, -0.15) is 0 Å². The highest BCUT2D eigenvalue weighted by molar-refractivity contribution is 5.99. The fourth-order valence-electron chi connectivity index (χ4n) is 3.03. The summed E-state index contributed by atoms with van der Waals surface area (Å²) in [5.41, 5.74) is 0.423. The van der Waals surface area contributed by atoms with Gasteiger partial charge in [-0.05, 0) is 24.5 Å². The van der Waals surface area contributed by atoms with Crippen LogP contribution in [0.2, 0.25) is 0 Å². The second kappa shape index (κ2) is 9.81. The summed E-state index contributed by atoms with van der Waals surface area (Å²) in [7, 11) is 0. The van der Waals surface area contributed by atoms with Crippen LogP contribution in [0, 0.1) is 5.92 Å². The van der Waals surface area contributed by atoms with Crippen molar-refractivity contribution < 1.29 is 29.1 Å². The lowest BCUT2D eigenvalue weighted by Gasteiger charge is -2.42. The van der Waals surface area contributed by atoms with Crippen LogP contribution in [0.3, 0.4) is 0 Å². The molecule has 0 saturated carbocycles. The fourth-order valence-corrected chi connectivity index (χ4v) is 3.03. The second-order valence-electron chi connectivity index (χ2n) is 7.25. The van der Waals surface area contributed by atoms with E-state index in [4.69, 9.17) is 5.11 Å². The number of aliphatic carboxylic acids is 1. The summed E-state index contributed by atoms with van der Waals surface area (Å²) in [4.78, 5) is 60.8. The van der Waals surface area contributed by atoms with E-state index in [9.17, 15) is 24.0 Å². The number of hydrogen-bond donors (Lipinski definition) is 3. The quantitative estimate of drug-likeness (QED) is 0.505. The Bertz CT molecular complexity index is 780. The molecule has 1 aliphatic rings. The van der Waals surface area contributed by atoms with Gasteiger partial charge in [-0.25, -0.2) is 0 Å². The van der Waals surface area contributed by atoms with Crippen molar-refractivity contribution in [2.45, 2.75) is 44.8 Å². The Morgan fingerprint density at radius 2 is 1.83 bits per heavy atom. The molecule has 9 nitrogen and oxygen atoms in total. The molecule has 0 unspecified atom stereocenters. The summed E-state index contributed by atoms with van der Waals surface area (Å²) in [5.74, 6) is -2.79. The molecule has 3 N–H and O–H groups in total. The average molecular weight is 403 g/mol. The summed E-state index contributed by atoms with van der Waals surface area (Å²) in [6, 6.07) is 5.72. The Labute approximate surface area is 168 Å². The van der Waals surface area contributed by atoms with Crippen LogP contribution in [-0.4, -0.2) is 64.7 Å². The maximum Gasteiger partial charge on any atom is 0.305 e. The summed E-state index contributed by atoms with van der Waals surface area (Å²) in [5, 5.41) is 13.8. The zero-order chi connectivity index (χ0) is 21.6. The number of carbonyl (C=O) groups is 5. The number of rotatable bonds is 9. The number of nitrogens with zero attached hydrogens (tertiary/aromatic N) is 1. The third-order valence-corrected chi connectivity index (χ3v) is 4.75. The number of amides is 3. The number of nitrogens with one attached hydrogen (secondary N) is 2. The lowest BCUT2D eigenvalue weighted by Crippen LogP contribution is -2.64. The minimum atomic E-state index is -1.22. The molecule has 0 spiro atoms. The number of aldehydes is 1. The Hall–Kier alpha value is -3.23. The first-order valence-electron chi connectivity index (χ1n) is 9.38. The zero-order valence-corrected chi connectivity index (χ0v) is 16.3. The molecular weight excluding hydrogens is 378 g/mol. The maximum atomic E-state index is 12.9. The van der Waals surface area contributed by atoms with Crippen LogP contribution in [0.4, 0.5) is 0 Å². The van der Waals surface area contributed by atoms with Gasteiger partial charge in [0.05, 0.1) is 12.5 Å². The standard InChI is InChI=1S/C20H25N3O6/c1-12(2)17(22-18(27)13-6-4-3-5-7-13)20(29)23-9-8-15(23)19(28)21-14(11-24)10-16(25)26/h3-7,11-12,14-15,17H,8-10H2,1-2H3,(H,21,28)(H,22,27)(H,25,26)/t14-,15-,17-/m0/s1. The summed E-state index contributed by atoms with van der Waals surface area (Å²) < 4.78 is 0. The van der Waals surface area contributed by atoms with Crippen LogP contribution in [0.5, 0.6) is 0 Å². The molecule has 1 aromatic carbocycles. The van der Waals surface area contributed by atoms with E-state index in [0.29, 0.717) is 24.8 Å². The molecule has 0 bridgehead atoms. The predicted octanol–water partition coefficient (Wildman–Crippen LogP) is 0.200. The minimum Gasteiger partial charge on any atom is -0.481 e. The molecule has 156 valence electrons. The molecule has 0 aromatic heterocycles. The normalized spacial score (nSPS) is 17.6. The van der Waals surface area contributed by atoms with Gasteiger partial charge in [0.2, 0.25) is 11.8 Å². The predicted molar refractivity (Wildman–Crippen MR) is 103 cm³/mol. The highest BCUT2D eigenvalue weighted by Crippen LogP contribution is 2.21. The topological polar surface area (TPSA) is 133 Å². The highest BCUT2D eigenvalue weighted by atomic mass is 16.4. The number of benzene rings is 1. The van der Waals surface area contributed by atoms with E-state index in [1.54, 1.807) is 44.2 Å². The van der Waals surface area contributed by atoms with Crippen LogP contribution in [0.25, 0.3) is 0 Å². The number of carbonyl (C=O) groups excluding carboxylic acids is 4. The highest BCUT2D eigenvalue weighted by Gasteiger charge is 2.42. The van der Waals surface area contributed by atoms with Gasteiger partial charge >= 0.3 is 5.97 Å². The molecule has 1 aromatic rings. The summed E-state index contributed by atoms with van der Waals surface area (Å²) in [6.07, 6.45) is 0.221. The van der Waals surface area contributed by atoms with E-state index in [1.807, 2.05) is 0 Å². The molecule has 3 amide bonds. The molecule has 3 atom stereocenters. The van der Waals surface area contributed by atoms with Crippen molar-refractivity contribution in [2.24, 2.45) is 5.92 Å². The molecule has 0 radical (unpaired) electrons. The number of carboxylic acid groups (broad SMARTS) is 1. The monoisotopic (exact) mass is 403 g/mol. The van der Waals surface area contributed by atoms with Crippen molar-refractivity contribution in [1.29, 1.82) is 0 Å². The van der Waals surface area contributed by atoms with Gasteiger partial charge in [0, 0.05) is 12.1 Å². The molecule has 1 heterocycles. The van der Waals surface area contributed by atoms with E-state index in [2.05, 4.69) is 10.6 Å². The van der Waals surface area contributed by atoms with Gasteiger partial charge < -0.3 is 25.4 Å². The van der Waals surface area contributed by atoms with Gasteiger partial charge in [-0.3, -0.25) is 19.2 Å². The van der Waals surface area contributed by atoms with Crippen LogP contribution in [0.1, 0.15) is 37.0 Å². The Morgan fingerprint density at radius 1 is 1.17 bits per heavy atom. The zero-order valence-electron chi connectivity index (χ0n) is 16.3. The minimum absolute atomic E-state index is 0.214. The van der Waals surface area contributed by atoms with Crippen LogP contribution in [0.15, 0.2) is 30.3 Å². The van der Waals surface area contributed by atoms with Crippen molar-refractivity contribution in [2.75, 3.05) is 6.54 Å². The molecule has 29 heavy (non-hydrogen) atoms. The lowest BCUT2D eigenvalue weighted by molar-refractivity contribution is -0.150. The first kappa shape index (κ1) is 22.1. The van der Waals surface area contributed by atoms with Crippen molar-refractivity contribution in [3.05, 3.63) is 35.9 Å².